The van der Waals surface area contributed by atoms with Crippen molar-refractivity contribution >= 4 is 29.3 Å². The number of carbonyl (C=O) groups excluding carboxylic acids is 2. The monoisotopic (exact) mass is 368 g/mol. The van der Waals surface area contributed by atoms with Crippen LogP contribution < -0.4 is 5.32 Å². The van der Waals surface area contributed by atoms with E-state index in [9.17, 15) is 9.59 Å². The Labute approximate surface area is 157 Å². The fourth-order valence-corrected chi connectivity index (χ4v) is 3.07. The van der Waals surface area contributed by atoms with Gasteiger partial charge in [0.1, 0.15) is 0 Å². The Bertz CT molecular complexity index is 843. The number of amides is 1. The summed E-state index contributed by atoms with van der Waals surface area (Å²) in [5.74, 6) is -0.259. The second-order valence-electron chi connectivity index (χ2n) is 5.75. The summed E-state index contributed by atoms with van der Waals surface area (Å²) in [4.78, 5) is 24.7. The van der Waals surface area contributed by atoms with E-state index in [1.807, 2.05) is 12.1 Å². The first kappa shape index (κ1) is 19.5. The van der Waals surface area contributed by atoms with E-state index in [2.05, 4.69) is 31.3 Å². The van der Waals surface area contributed by atoms with Crippen molar-refractivity contribution in [1.82, 2.24) is 0 Å². The maximum Gasteiger partial charge on any atom is 0.307 e. The predicted molar refractivity (Wildman–Crippen MR) is 102 cm³/mol. The Kier molecular flexibility index (Phi) is 7.24. The Hall–Kier alpha value is -2.78. The maximum absolute atomic E-state index is 11.8. The lowest BCUT2D eigenvalue weighted by molar-refractivity contribution is -0.146. The van der Waals surface area contributed by atoms with Crippen molar-refractivity contribution in [3.63, 3.8) is 0 Å². The third kappa shape index (κ3) is 6.26. The minimum Gasteiger partial charge on any atom is -0.456 e. The fraction of sp³-hybridized carbons (Fsp3) is 0.250. The number of thioether (sulfide) groups is 1. The van der Waals surface area contributed by atoms with Crippen LogP contribution in [0.15, 0.2) is 47.4 Å². The van der Waals surface area contributed by atoms with Gasteiger partial charge < -0.3 is 10.1 Å². The van der Waals surface area contributed by atoms with E-state index >= 15 is 0 Å². The highest BCUT2D eigenvalue weighted by atomic mass is 32.2. The molecule has 1 N–H and O–H groups in total. The van der Waals surface area contributed by atoms with E-state index in [1.54, 1.807) is 36.0 Å². The highest BCUT2D eigenvalue weighted by Gasteiger charge is 2.09. The van der Waals surface area contributed by atoms with Gasteiger partial charge in [0.05, 0.1) is 18.1 Å². The summed E-state index contributed by atoms with van der Waals surface area (Å²) < 4.78 is 4.98. The fourth-order valence-electron chi connectivity index (χ4n) is 2.14. The van der Waals surface area contributed by atoms with Gasteiger partial charge in [-0.05, 0) is 55.3 Å². The quantitative estimate of drug-likeness (QED) is 0.593. The van der Waals surface area contributed by atoms with Crippen LogP contribution in [0, 0.1) is 25.2 Å². The van der Waals surface area contributed by atoms with Crippen LogP contribution in [0.5, 0.6) is 0 Å². The van der Waals surface area contributed by atoms with E-state index in [1.165, 1.54) is 11.1 Å². The molecule has 0 saturated heterocycles. The average molecular weight is 368 g/mol. The van der Waals surface area contributed by atoms with Crippen molar-refractivity contribution in [3.8, 4) is 6.07 Å². The van der Waals surface area contributed by atoms with E-state index in [0.717, 1.165) is 4.90 Å². The number of carbonyl (C=O) groups is 2. The molecule has 0 atom stereocenters. The first-order valence-corrected chi connectivity index (χ1v) is 9.12. The Morgan fingerprint density at radius 1 is 1.15 bits per heavy atom. The molecule has 0 heterocycles. The van der Waals surface area contributed by atoms with Crippen LogP contribution in [-0.4, -0.2) is 24.2 Å². The molecule has 0 unspecified atom stereocenters. The van der Waals surface area contributed by atoms with Crippen LogP contribution in [0.25, 0.3) is 0 Å². The molecule has 0 radical (unpaired) electrons. The molecule has 134 valence electrons. The van der Waals surface area contributed by atoms with Crippen molar-refractivity contribution in [3.05, 3.63) is 59.2 Å². The summed E-state index contributed by atoms with van der Waals surface area (Å²) in [7, 11) is 0. The number of nitrogens with one attached hydrogen (secondary N) is 1. The van der Waals surface area contributed by atoms with Crippen LogP contribution in [0.1, 0.15) is 23.1 Å². The number of anilines is 1. The maximum atomic E-state index is 11.8. The van der Waals surface area contributed by atoms with E-state index < -0.39 is 11.9 Å². The van der Waals surface area contributed by atoms with E-state index in [0.29, 0.717) is 17.0 Å². The highest BCUT2D eigenvalue weighted by molar-refractivity contribution is 7.99. The number of esters is 1. The Balaban J connectivity index is 1.70. The second kappa shape index (κ2) is 9.64. The summed E-state index contributed by atoms with van der Waals surface area (Å²) >= 11 is 1.58. The Morgan fingerprint density at radius 3 is 2.69 bits per heavy atom. The predicted octanol–water partition coefficient (Wildman–Crippen LogP) is 3.84. The molecule has 0 bridgehead atoms. The zero-order valence-corrected chi connectivity index (χ0v) is 15.6. The molecule has 26 heavy (non-hydrogen) atoms. The van der Waals surface area contributed by atoms with Gasteiger partial charge in [0.15, 0.2) is 6.61 Å². The lowest BCUT2D eigenvalue weighted by Gasteiger charge is -2.07. The number of aryl methyl sites for hydroxylation is 2. The lowest BCUT2D eigenvalue weighted by atomic mass is 10.1. The van der Waals surface area contributed by atoms with Crippen molar-refractivity contribution in [1.29, 1.82) is 5.26 Å². The van der Waals surface area contributed by atoms with Gasteiger partial charge in [-0.15, -0.1) is 11.8 Å². The van der Waals surface area contributed by atoms with Crippen molar-refractivity contribution in [2.45, 2.75) is 25.2 Å². The number of ether oxygens (including phenoxy) is 1. The van der Waals surface area contributed by atoms with Crippen LogP contribution in [0.4, 0.5) is 5.69 Å². The number of benzene rings is 2. The molecule has 0 fully saturated rings. The summed E-state index contributed by atoms with van der Waals surface area (Å²) in [6.07, 6.45) is 0.231. The zero-order valence-electron chi connectivity index (χ0n) is 14.7. The largest absolute Gasteiger partial charge is 0.456 e. The molecule has 0 aliphatic heterocycles. The van der Waals surface area contributed by atoms with Gasteiger partial charge in [-0.25, -0.2) is 0 Å². The molecular formula is C20H20N2O3S. The van der Waals surface area contributed by atoms with Gasteiger partial charge in [-0.1, -0.05) is 12.1 Å². The minimum atomic E-state index is -0.435. The third-order valence-electron chi connectivity index (χ3n) is 3.69. The molecule has 6 heteroatoms. The summed E-state index contributed by atoms with van der Waals surface area (Å²) in [5.41, 5.74) is 3.40. The van der Waals surface area contributed by atoms with Gasteiger partial charge in [0.25, 0.3) is 5.91 Å². The SMILES string of the molecule is Cc1ccc(SCCC(=O)OCC(=O)Nc2cccc(C#N)c2)cc1C. The van der Waals surface area contributed by atoms with E-state index in [4.69, 9.17) is 10.00 Å². The molecule has 2 rings (SSSR count). The third-order valence-corrected chi connectivity index (χ3v) is 4.69. The number of nitriles is 1. The van der Waals surface area contributed by atoms with Gasteiger partial charge >= 0.3 is 5.97 Å². The van der Waals surface area contributed by atoms with Crippen molar-refractivity contribution in [2.75, 3.05) is 17.7 Å². The normalized spacial score (nSPS) is 10.0. The van der Waals surface area contributed by atoms with Crippen LogP contribution in [0.3, 0.4) is 0 Å². The van der Waals surface area contributed by atoms with Gasteiger partial charge in [-0.3, -0.25) is 9.59 Å². The molecule has 5 nitrogen and oxygen atoms in total. The highest BCUT2D eigenvalue weighted by Crippen LogP contribution is 2.21. The smallest absolute Gasteiger partial charge is 0.307 e. The van der Waals surface area contributed by atoms with Gasteiger partial charge in [0.2, 0.25) is 0 Å². The van der Waals surface area contributed by atoms with Gasteiger partial charge in [-0.2, -0.15) is 5.26 Å². The molecule has 0 aromatic heterocycles. The lowest BCUT2D eigenvalue weighted by Crippen LogP contribution is -2.21. The van der Waals surface area contributed by atoms with Crippen molar-refractivity contribution < 1.29 is 14.3 Å². The Morgan fingerprint density at radius 2 is 1.96 bits per heavy atom. The number of rotatable bonds is 7. The number of hydrogen-bond donors (Lipinski definition) is 1. The zero-order chi connectivity index (χ0) is 18.9. The molecule has 0 spiro atoms. The average Bonchev–Trinajstić information content (AvgIpc) is 2.63. The van der Waals surface area contributed by atoms with Gasteiger partial charge in [0, 0.05) is 16.3 Å². The second-order valence-corrected chi connectivity index (χ2v) is 6.91. The first-order valence-electron chi connectivity index (χ1n) is 8.13. The van der Waals surface area contributed by atoms with E-state index in [-0.39, 0.29) is 13.0 Å². The standard InChI is InChI=1S/C20H20N2O3S/c1-14-6-7-18(10-15(14)2)26-9-8-20(24)25-13-19(23)22-17-5-3-4-16(11-17)12-21/h3-7,10-11H,8-9,13H2,1-2H3,(H,22,23). The summed E-state index contributed by atoms with van der Waals surface area (Å²) in [6, 6.07) is 14.7. The van der Waals surface area contributed by atoms with Crippen molar-refractivity contribution in [2.24, 2.45) is 0 Å². The number of hydrogen-bond acceptors (Lipinski definition) is 5. The summed E-state index contributed by atoms with van der Waals surface area (Å²) in [5, 5.41) is 11.4. The summed E-state index contributed by atoms with van der Waals surface area (Å²) in [6.45, 7) is 3.77. The minimum absolute atomic E-state index is 0.231. The molecular weight excluding hydrogens is 348 g/mol. The molecule has 0 saturated carbocycles. The number of nitrogens with zero attached hydrogens (tertiary/aromatic N) is 1. The topological polar surface area (TPSA) is 79.2 Å². The molecule has 1 amide bonds. The van der Waals surface area contributed by atoms with Crippen LogP contribution in [-0.2, 0) is 14.3 Å². The molecule has 2 aromatic rings. The molecule has 2 aromatic carbocycles. The van der Waals surface area contributed by atoms with Crippen LogP contribution in [0.2, 0.25) is 0 Å². The first-order chi connectivity index (χ1) is 12.5. The van der Waals surface area contributed by atoms with Crippen LogP contribution >= 0.6 is 11.8 Å². The molecule has 0 aliphatic rings. The molecule has 0 aliphatic carbocycles.